The number of H-pyrrole nitrogens is 1. The Labute approximate surface area is 233 Å². The van der Waals surface area contributed by atoms with Gasteiger partial charge in [0.05, 0.1) is 23.7 Å². The highest BCUT2D eigenvalue weighted by Crippen LogP contribution is 2.45. The molecule has 208 valence electrons. The number of amides is 1. The van der Waals surface area contributed by atoms with Gasteiger partial charge in [-0.05, 0) is 57.2 Å². The van der Waals surface area contributed by atoms with Crippen molar-refractivity contribution < 1.29 is 9.59 Å². The Balaban J connectivity index is 1.25. The number of Topliss-reactive ketones (excluding diaryl/α,β-unsaturated/α-hetero) is 1. The second kappa shape index (κ2) is 9.21. The Kier molecular flexibility index (Phi) is 5.59. The van der Waals surface area contributed by atoms with Crippen molar-refractivity contribution in [1.29, 1.82) is 0 Å². The zero-order chi connectivity index (χ0) is 28.4. The normalized spacial score (nSPS) is 20.1. The molecule has 14 nitrogen and oxygen atoms in total. The van der Waals surface area contributed by atoms with Crippen molar-refractivity contribution in [3.05, 3.63) is 59.6 Å². The number of aromatic amines is 1. The summed E-state index contributed by atoms with van der Waals surface area (Å²) < 4.78 is 3.23. The number of nitrogens with zero attached hydrogens (tertiary/aromatic N) is 9. The molecular formula is C27H28N12O2. The van der Waals surface area contributed by atoms with Crippen LogP contribution in [0.15, 0.2) is 36.9 Å². The van der Waals surface area contributed by atoms with Crippen molar-refractivity contribution in [3.8, 4) is 16.9 Å². The predicted molar refractivity (Wildman–Crippen MR) is 148 cm³/mol. The third-order valence-corrected chi connectivity index (χ3v) is 8.13. The molecule has 1 amide bonds. The van der Waals surface area contributed by atoms with E-state index in [9.17, 15) is 9.59 Å². The van der Waals surface area contributed by atoms with Gasteiger partial charge >= 0.3 is 0 Å². The third-order valence-electron chi connectivity index (χ3n) is 8.13. The highest BCUT2D eigenvalue weighted by atomic mass is 16.2. The van der Waals surface area contributed by atoms with Crippen molar-refractivity contribution in [1.82, 2.24) is 49.4 Å². The lowest BCUT2D eigenvalue weighted by Gasteiger charge is -2.38. The maximum absolute atomic E-state index is 13.2. The van der Waals surface area contributed by atoms with Crippen LogP contribution < -0.4 is 11.5 Å². The van der Waals surface area contributed by atoms with Crippen LogP contribution in [-0.4, -0.2) is 73.2 Å². The minimum Gasteiger partial charge on any atom is -0.383 e. The number of aryl methyl sites for hydroxylation is 1. The first kappa shape index (κ1) is 24.9. The first-order valence-electron chi connectivity index (χ1n) is 13.5. The fourth-order valence-electron chi connectivity index (χ4n) is 6.34. The van der Waals surface area contributed by atoms with Crippen molar-refractivity contribution in [2.75, 3.05) is 11.5 Å². The Morgan fingerprint density at radius 3 is 2.41 bits per heavy atom. The van der Waals surface area contributed by atoms with Gasteiger partial charge in [-0.3, -0.25) is 9.59 Å². The maximum Gasteiger partial charge on any atom is 0.292 e. The number of carbonyl (C=O) groups is 2. The van der Waals surface area contributed by atoms with Crippen molar-refractivity contribution in [2.24, 2.45) is 0 Å². The highest BCUT2D eigenvalue weighted by molar-refractivity contribution is 6.00. The Hall–Kier alpha value is -5.14. The molecule has 7 heterocycles. The van der Waals surface area contributed by atoms with Gasteiger partial charge < -0.3 is 21.4 Å². The fourth-order valence-corrected chi connectivity index (χ4v) is 6.34. The number of nitrogens with two attached hydrogens (primary N) is 2. The van der Waals surface area contributed by atoms with E-state index in [4.69, 9.17) is 16.5 Å². The van der Waals surface area contributed by atoms with Crippen LogP contribution in [0.25, 0.3) is 22.6 Å². The topological polar surface area (TPSA) is 192 Å². The summed E-state index contributed by atoms with van der Waals surface area (Å²) in [6.07, 6.45) is 10.1. The summed E-state index contributed by atoms with van der Waals surface area (Å²) in [5.41, 5.74) is 16.4. The average Bonchev–Trinajstić information content (AvgIpc) is 3.74. The first-order chi connectivity index (χ1) is 19.8. The number of nitrogens with one attached hydrogen (secondary N) is 1. The van der Waals surface area contributed by atoms with Gasteiger partial charge in [0, 0.05) is 41.5 Å². The molecular weight excluding hydrogens is 524 g/mol. The van der Waals surface area contributed by atoms with E-state index in [1.165, 1.54) is 11.4 Å². The Morgan fingerprint density at radius 2 is 1.80 bits per heavy atom. The molecule has 5 aromatic heterocycles. The van der Waals surface area contributed by atoms with Gasteiger partial charge in [0.1, 0.15) is 5.82 Å². The molecule has 0 aromatic carbocycles. The van der Waals surface area contributed by atoms with Crippen LogP contribution >= 0.6 is 0 Å². The first-order valence-corrected chi connectivity index (χ1v) is 13.5. The van der Waals surface area contributed by atoms with Crippen LogP contribution in [0.2, 0.25) is 0 Å². The van der Waals surface area contributed by atoms with E-state index in [-0.39, 0.29) is 47.3 Å². The van der Waals surface area contributed by atoms with Crippen molar-refractivity contribution in [3.63, 3.8) is 0 Å². The molecule has 2 fully saturated rings. The van der Waals surface area contributed by atoms with E-state index in [2.05, 4.69) is 30.4 Å². The number of piperidine rings is 1. The number of pyridine rings is 1. The maximum atomic E-state index is 13.2. The summed E-state index contributed by atoms with van der Waals surface area (Å²) in [5, 5.41) is 16.4. The van der Waals surface area contributed by atoms with Gasteiger partial charge in [-0.15, -0.1) is 10.2 Å². The summed E-state index contributed by atoms with van der Waals surface area (Å²) in [6.45, 7) is 3.47. The molecule has 0 radical (unpaired) electrons. The second-order valence-corrected chi connectivity index (χ2v) is 10.8. The monoisotopic (exact) mass is 552 g/mol. The number of ketones is 1. The highest BCUT2D eigenvalue weighted by Gasteiger charge is 2.46. The number of hydrogen-bond donors (Lipinski definition) is 3. The summed E-state index contributed by atoms with van der Waals surface area (Å²) in [6, 6.07) is 3.77. The number of nitrogen functional groups attached to an aromatic ring is 2. The quantitative estimate of drug-likeness (QED) is 0.273. The zero-order valence-electron chi connectivity index (χ0n) is 22.5. The molecule has 1 unspecified atom stereocenters. The molecule has 41 heavy (non-hydrogen) atoms. The van der Waals surface area contributed by atoms with Crippen LogP contribution in [-0.2, 0) is 0 Å². The summed E-state index contributed by atoms with van der Waals surface area (Å²) in [5.74, 6) is 0.735. The van der Waals surface area contributed by atoms with Crippen molar-refractivity contribution in [2.45, 2.75) is 57.5 Å². The standard InChI is InChI=1S/C27H28N12O2/c1-13-9-31-37(12-13)20-6-3-15(10-30-20)19-11-32-39-23(28)21(14(2)40)22(33-25(19)39)16-7-17-4-5-18(8-16)38(17)26(41)24-34-27(29)36-35-24/h3,6,9-12,16-18H,4-5,7-8,28H2,1-2H3,(H3,29,34,35,36)/t16?,17-,18+. The van der Waals surface area contributed by atoms with E-state index < -0.39 is 0 Å². The number of aromatic nitrogens is 9. The second-order valence-electron chi connectivity index (χ2n) is 10.8. The molecule has 5 aromatic rings. The lowest BCUT2D eigenvalue weighted by Crippen LogP contribution is -2.46. The lowest BCUT2D eigenvalue weighted by molar-refractivity contribution is 0.0556. The number of anilines is 2. The Morgan fingerprint density at radius 1 is 1.02 bits per heavy atom. The van der Waals surface area contributed by atoms with Crippen LogP contribution in [0.1, 0.15) is 70.8 Å². The van der Waals surface area contributed by atoms with Crippen LogP contribution in [0.5, 0.6) is 0 Å². The molecule has 0 saturated carbocycles. The number of fused-ring (bicyclic) bond motifs is 3. The van der Waals surface area contributed by atoms with Gasteiger partial charge in [-0.1, -0.05) is 0 Å². The van der Waals surface area contributed by atoms with E-state index in [1.54, 1.807) is 23.3 Å². The van der Waals surface area contributed by atoms with Crippen LogP contribution in [0.3, 0.4) is 0 Å². The molecule has 0 aliphatic carbocycles. The largest absolute Gasteiger partial charge is 0.383 e. The van der Waals surface area contributed by atoms with E-state index >= 15 is 0 Å². The van der Waals surface area contributed by atoms with E-state index in [1.807, 2.05) is 30.2 Å². The summed E-state index contributed by atoms with van der Waals surface area (Å²) in [4.78, 5) is 40.3. The predicted octanol–water partition coefficient (Wildman–Crippen LogP) is 2.32. The van der Waals surface area contributed by atoms with Crippen LogP contribution in [0, 0.1) is 6.92 Å². The number of rotatable bonds is 5. The summed E-state index contributed by atoms with van der Waals surface area (Å²) >= 11 is 0. The summed E-state index contributed by atoms with van der Waals surface area (Å²) in [7, 11) is 0. The van der Waals surface area contributed by atoms with Crippen LogP contribution in [0.4, 0.5) is 11.8 Å². The van der Waals surface area contributed by atoms with Crippen molar-refractivity contribution >= 4 is 29.1 Å². The molecule has 5 N–H and O–H groups in total. The molecule has 0 spiro atoms. The lowest BCUT2D eigenvalue weighted by atomic mass is 9.85. The van der Waals surface area contributed by atoms with Gasteiger partial charge in [-0.2, -0.15) is 14.7 Å². The molecule has 2 bridgehead atoms. The van der Waals surface area contributed by atoms with Gasteiger partial charge in [0.15, 0.2) is 17.2 Å². The SMILES string of the molecule is CC(=O)c1c(C2C[C@H]3CC[C@@H](C2)N3C(=O)c2nnc(N)[nH]2)nc2c(-c3ccc(-n4cc(C)cn4)nc3)cnn2c1N. The van der Waals surface area contributed by atoms with E-state index in [0.29, 0.717) is 35.6 Å². The molecule has 2 aliphatic heterocycles. The van der Waals surface area contributed by atoms with Gasteiger partial charge in [-0.25, -0.2) is 14.6 Å². The third kappa shape index (κ3) is 4.01. The van der Waals surface area contributed by atoms with Gasteiger partial charge in [0.25, 0.3) is 5.91 Å². The molecule has 14 heteroatoms. The minimum atomic E-state index is -0.214. The number of carbonyl (C=O) groups excluding carboxylic acids is 2. The smallest absolute Gasteiger partial charge is 0.292 e. The molecule has 3 atom stereocenters. The zero-order valence-corrected chi connectivity index (χ0v) is 22.5. The molecule has 2 saturated heterocycles. The fraction of sp³-hybridized carbons (Fsp3) is 0.333. The minimum absolute atomic E-state index is 0.0244. The Bertz CT molecular complexity index is 1800. The van der Waals surface area contributed by atoms with Gasteiger partial charge in [0.2, 0.25) is 11.8 Å². The average molecular weight is 553 g/mol. The molecule has 2 aliphatic rings. The molecule has 7 rings (SSSR count). The number of hydrogen-bond acceptors (Lipinski definition) is 10. The van der Waals surface area contributed by atoms with E-state index in [0.717, 1.165) is 29.5 Å².